The summed E-state index contributed by atoms with van der Waals surface area (Å²) in [6.45, 7) is 4.17. The Morgan fingerprint density at radius 3 is 2.52 bits per heavy atom. The number of nitrogens with zero attached hydrogens (tertiary/aromatic N) is 2. The second-order valence-electron chi connectivity index (χ2n) is 6.43. The van der Waals surface area contributed by atoms with Gasteiger partial charge in [-0.15, -0.1) is 24.0 Å². The zero-order valence-electron chi connectivity index (χ0n) is 17.8. The van der Waals surface area contributed by atoms with E-state index in [9.17, 15) is 4.79 Å². The van der Waals surface area contributed by atoms with Crippen LogP contribution in [0.5, 0.6) is 17.2 Å². The quantitative estimate of drug-likeness (QED) is 0.256. The molecule has 1 unspecified atom stereocenters. The average Bonchev–Trinajstić information content (AvgIpc) is 2.73. The van der Waals surface area contributed by atoms with E-state index in [-0.39, 0.29) is 35.9 Å². The van der Waals surface area contributed by atoms with Crippen molar-refractivity contribution in [3.8, 4) is 17.2 Å². The van der Waals surface area contributed by atoms with Crippen LogP contribution in [0, 0.1) is 5.92 Å². The summed E-state index contributed by atoms with van der Waals surface area (Å²) < 4.78 is 21.5. The highest BCUT2D eigenvalue weighted by Crippen LogP contribution is 2.39. The zero-order chi connectivity index (χ0) is 20.5. The fourth-order valence-corrected chi connectivity index (χ4v) is 3.43. The highest BCUT2D eigenvalue weighted by Gasteiger charge is 2.28. The fourth-order valence-electron chi connectivity index (χ4n) is 3.43. The molecule has 8 nitrogen and oxygen atoms in total. The molecule has 1 saturated heterocycles. The van der Waals surface area contributed by atoms with E-state index in [0.717, 1.165) is 30.9 Å². The first kappa shape index (κ1) is 25.1. The van der Waals surface area contributed by atoms with Gasteiger partial charge in [0.05, 0.1) is 33.9 Å². The van der Waals surface area contributed by atoms with Crippen LogP contribution >= 0.6 is 24.0 Å². The van der Waals surface area contributed by atoms with E-state index in [1.807, 2.05) is 19.1 Å². The summed E-state index contributed by atoms with van der Waals surface area (Å²) in [5, 5.41) is 3.36. The Balaban J connectivity index is 0.00000420. The minimum atomic E-state index is -0.135. The van der Waals surface area contributed by atoms with Crippen molar-refractivity contribution >= 4 is 35.9 Å². The third-order valence-corrected chi connectivity index (χ3v) is 4.78. The van der Waals surface area contributed by atoms with Crippen LogP contribution in [0.2, 0.25) is 0 Å². The molecule has 1 aliphatic heterocycles. The minimum absolute atomic E-state index is 0. The van der Waals surface area contributed by atoms with Crippen molar-refractivity contribution in [2.24, 2.45) is 10.9 Å². The molecule has 164 valence electrons. The first-order chi connectivity index (χ1) is 13.6. The van der Waals surface area contributed by atoms with Crippen molar-refractivity contribution in [2.75, 3.05) is 48.1 Å². The van der Waals surface area contributed by atoms with Crippen LogP contribution in [0.1, 0.15) is 25.3 Å². The number of aliphatic imine (C=N–C) groups is 1. The van der Waals surface area contributed by atoms with Gasteiger partial charge in [0.2, 0.25) is 5.75 Å². The molecule has 0 radical (unpaired) electrons. The Morgan fingerprint density at radius 2 is 1.93 bits per heavy atom. The lowest BCUT2D eigenvalue weighted by Gasteiger charge is -2.34. The monoisotopic (exact) mass is 521 g/mol. The number of esters is 1. The molecule has 1 aromatic rings. The van der Waals surface area contributed by atoms with Crippen molar-refractivity contribution in [3.05, 3.63) is 17.7 Å². The Kier molecular flexibility index (Phi) is 10.9. The van der Waals surface area contributed by atoms with Crippen LogP contribution in [0.25, 0.3) is 0 Å². The van der Waals surface area contributed by atoms with Gasteiger partial charge in [-0.25, -0.2) is 0 Å². The van der Waals surface area contributed by atoms with Crippen molar-refractivity contribution < 1.29 is 23.7 Å². The van der Waals surface area contributed by atoms with Gasteiger partial charge in [0.15, 0.2) is 17.5 Å². The number of guanidine groups is 1. The summed E-state index contributed by atoms with van der Waals surface area (Å²) in [4.78, 5) is 18.6. The van der Waals surface area contributed by atoms with Crippen LogP contribution in [0.15, 0.2) is 17.1 Å². The lowest BCUT2D eigenvalue weighted by Crippen LogP contribution is -2.48. The predicted octanol–water partition coefficient (Wildman–Crippen LogP) is 2.68. The van der Waals surface area contributed by atoms with Gasteiger partial charge in [0, 0.05) is 32.2 Å². The van der Waals surface area contributed by atoms with Crippen molar-refractivity contribution in [3.63, 3.8) is 0 Å². The Hall–Kier alpha value is -1.91. The molecular weight excluding hydrogens is 489 g/mol. The van der Waals surface area contributed by atoms with E-state index >= 15 is 0 Å². The number of carbonyl (C=O) groups excluding carboxylic acids is 1. The molecular formula is C20H32IN3O5. The van der Waals surface area contributed by atoms with Crippen LogP contribution in [0.4, 0.5) is 0 Å². The van der Waals surface area contributed by atoms with Gasteiger partial charge >= 0.3 is 5.97 Å². The summed E-state index contributed by atoms with van der Waals surface area (Å²) >= 11 is 0. The van der Waals surface area contributed by atoms with Gasteiger partial charge in [0.25, 0.3) is 0 Å². The number of methoxy groups -OCH3 is 3. The third-order valence-electron chi connectivity index (χ3n) is 4.78. The number of rotatable bonds is 7. The molecule has 0 bridgehead atoms. The van der Waals surface area contributed by atoms with Crippen molar-refractivity contribution in [1.29, 1.82) is 0 Å². The smallest absolute Gasteiger partial charge is 0.310 e. The van der Waals surface area contributed by atoms with E-state index in [2.05, 4.69) is 15.2 Å². The van der Waals surface area contributed by atoms with Gasteiger partial charge in [0.1, 0.15) is 0 Å². The fraction of sp³-hybridized carbons (Fsp3) is 0.600. The number of halogens is 1. The second-order valence-corrected chi connectivity index (χ2v) is 6.43. The van der Waals surface area contributed by atoms with Crippen LogP contribution in [-0.2, 0) is 16.1 Å². The minimum Gasteiger partial charge on any atom is -0.493 e. The molecule has 0 aliphatic carbocycles. The molecule has 29 heavy (non-hydrogen) atoms. The lowest BCUT2D eigenvalue weighted by atomic mass is 9.98. The SMILES string of the molecule is CCOC(=O)C1CCCN(C(=NC)NCc2ccc(OC)c(OC)c2OC)C1.I. The van der Waals surface area contributed by atoms with E-state index in [1.165, 1.54) is 0 Å². The molecule has 2 rings (SSSR count). The number of likely N-dealkylation sites (tertiary alicyclic amines) is 1. The Labute approximate surface area is 189 Å². The Bertz CT molecular complexity index is 699. The highest BCUT2D eigenvalue weighted by molar-refractivity contribution is 14.0. The number of ether oxygens (including phenoxy) is 4. The standard InChI is InChI=1S/C20H31N3O5.HI/c1-6-28-19(24)15-8-7-11-23(13-15)20(21-2)22-12-14-9-10-16(25-3)18(27-5)17(14)26-4;/h9-10,15H,6-8,11-13H2,1-5H3,(H,21,22);1H. The second kappa shape index (κ2) is 12.6. The van der Waals surface area contributed by atoms with E-state index in [4.69, 9.17) is 18.9 Å². The van der Waals surface area contributed by atoms with Gasteiger partial charge in [-0.2, -0.15) is 0 Å². The summed E-state index contributed by atoms with van der Waals surface area (Å²) in [5.74, 6) is 2.27. The number of benzene rings is 1. The third kappa shape index (κ3) is 6.28. The van der Waals surface area contributed by atoms with E-state index < -0.39 is 0 Å². The number of hydrogen-bond acceptors (Lipinski definition) is 6. The summed E-state index contributed by atoms with van der Waals surface area (Å²) in [5.41, 5.74) is 0.917. The maximum Gasteiger partial charge on any atom is 0.310 e. The normalized spacial score (nSPS) is 16.5. The zero-order valence-corrected chi connectivity index (χ0v) is 20.1. The maximum absolute atomic E-state index is 12.1. The van der Waals surface area contributed by atoms with Crippen LogP contribution < -0.4 is 19.5 Å². The largest absolute Gasteiger partial charge is 0.493 e. The first-order valence-electron chi connectivity index (χ1n) is 9.49. The average molecular weight is 521 g/mol. The molecule has 0 amide bonds. The van der Waals surface area contributed by atoms with Crippen LogP contribution in [-0.4, -0.2) is 64.9 Å². The van der Waals surface area contributed by atoms with Crippen molar-refractivity contribution in [2.45, 2.75) is 26.3 Å². The molecule has 0 spiro atoms. The summed E-state index contributed by atoms with van der Waals surface area (Å²) in [7, 11) is 6.51. The number of nitrogens with one attached hydrogen (secondary N) is 1. The number of hydrogen-bond donors (Lipinski definition) is 1. The maximum atomic E-state index is 12.1. The van der Waals surface area contributed by atoms with E-state index in [0.29, 0.717) is 36.9 Å². The summed E-state index contributed by atoms with van der Waals surface area (Å²) in [6, 6.07) is 3.77. The molecule has 1 N–H and O–H groups in total. The molecule has 1 atom stereocenters. The van der Waals surface area contributed by atoms with Gasteiger partial charge in [-0.05, 0) is 31.9 Å². The van der Waals surface area contributed by atoms with Crippen LogP contribution in [0.3, 0.4) is 0 Å². The molecule has 1 fully saturated rings. The summed E-state index contributed by atoms with van der Waals surface area (Å²) in [6.07, 6.45) is 1.76. The van der Waals surface area contributed by atoms with E-state index in [1.54, 1.807) is 28.4 Å². The Morgan fingerprint density at radius 1 is 1.21 bits per heavy atom. The lowest BCUT2D eigenvalue weighted by molar-refractivity contribution is -0.149. The van der Waals surface area contributed by atoms with Gasteiger partial charge < -0.3 is 29.2 Å². The highest BCUT2D eigenvalue weighted by atomic mass is 127. The van der Waals surface area contributed by atoms with Gasteiger partial charge in [-0.3, -0.25) is 9.79 Å². The van der Waals surface area contributed by atoms with Crippen molar-refractivity contribution in [1.82, 2.24) is 10.2 Å². The topological polar surface area (TPSA) is 81.6 Å². The molecule has 9 heteroatoms. The first-order valence-corrected chi connectivity index (χ1v) is 9.49. The van der Waals surface area contributed by atoms with Gasteiger partial charge in [-0.1, -0.05) is 0 Å². The molecule has 1 heterocycles. The molecule has 1 aliphatic rings. The molecule has 1 aromatic carbocycles. The number of piperidine rings is 1. The molecule has 0 saturated carbocycles. The number of carbonyl (C=O) groups is 1. The predicted molar refractivity (Wildman–Crippen MR) is 123 cm³/mol. The molecule has 0 aromatic heterocycles.